The van der Waals surface area contributed by atoms with Gasteiger partial charge in [0.05, 0.1) is 93.5 Å². The maximum absolute atomic E-state index is 14.9. The molecule has 0 aliphatic carbocycles. The van der Waals surface area contributed by atoms with Crippen molar-refractivity contribution in [2.24, 2.45) is 15.3 Å². The molecule has 131 heavy (non-hydrogen) atoms. The van der Waals surface area contributed by atoms with E-state index in [4.69, 9.17) is 104 Å². The van der Waals surface area contributed by atoms with E-state index in [2.05, 4.69) is 30.1 Å². The van der Waals surface area contributed by atoms with Gasteiger partial charge in [0.15, 0.2) is 56.1 Å². The van der Waals surface area contributed by atoms with E-state index in [-0.39, 0.29) is 46.2 Å². The van der Waals surface area contributed by atoms with Crippen molar-refractivity contribution in [1.82, 2.24) is 0 Å². The van der Waals surface area contributed by atoms with Crippen LogP contribution in [0.1, 0.15) is 52.8 Å². The predicted molar refractivity (Wildman–Crippen MR) is 452 cm³/mol. The fourth-order valence-electron chi connectivity index (χ4n) is 16.3. The average Bonchev–Trinajstić information content (AvgIpc) is 0.908. The largest absolute Gasteiger partial charge is 0.467 e. The highest BCUT2D eigenvalue weighted by molar-refractivity contribution is 5.76. The Bertz CT molecular complexity index is 4810. The lowest BCUT2D eigenvalue weighted by atomic mass is 9.93. The van der Waals surface area contributed by atoms with Crippen molar-refractivity contribution in [3.8, 4) is 0 Å². The van der Waals surface area contributed by atoms with Crippen molar-refractivity contribution in [1.29, 1.82) is 0 Å². The Kier molecular flexibility index (Phi) is 36.8. The van der Waals surface area contributed by atoms with E-state index in [9.17, 15) is 61.6 Å². The van der Waals surface area contributed by atoms with Crippen LogP contribution in [-0.4, -0.2) is 280 Å². The van der Waals surface area contributed by atoms with Crippen LogP contribution >= 0.6 is 0 Å². The predicted octanol–water partition coefficient (Wildman–Crippen LogP) is 7.40. The number of nitrogens with zero attached hydrogens (tertiary/aromatic N) is 9. The van der Waals surface area contributed by atoms with Gasteiger partial charge in [0, 0.05) is 14.7 Å². The van der Waals surface area contributed by atoms with Gasteiger partial charge in [-0.05, 0) is 69.4 Å². The molecule has 6 N–H and O–H groups in total. The van der Waals surface area contributed by atoms with Gasteiger partial charge in [-0.2, -0.15) is 0 Å². The Balaban J connectivity index is 0.830. The minimum absolute atomic E-state index is 0.0177. The summed E-state index contributed by atoms with van der Waals surface area (Å²) in [6.07, 6.45) is -48.4. The maximum atomic E-state index is 14.9. The topological polar surface area (TPSA) is 522 Å². The molecule has 40 heteroatoms. The van der Waals surface area contributed by atoms with Gasteiger partial charge in [0.2, 0.25) is 0 Å². The van der Waals surface area contributed by atoms with Crippen molar-refractivity contribution in [2.75, 3.05) is 41.2 Å². The number of rotatable bonds is 42. The second kappa shape index (κ2) is 49.0. The van der Waals surface area contributed by atoms with Gasteiger partial charge in [0.1, 0.15) is 128 Å². The number of hydrogen-bond acceptors (Lipinski definition) is 34. The summed E-state index contributed by atoms with van der Waals surface area (Å²) in [5.74, 6) is -3.37. The van der Waals surface area contributed by atoms with E-state index in [1.807, 2.05) is 36.4 Å². The number of carbonyl (C=O) groups is 3. The maximum Gasteiger partial charge on any atom is 0.337 e. The Hall–Kier alpha value is -10.1. The smallest absolute Gasteiger partial charge is 0.337 e. The lowest BCUT2D eigenvalue weighted by Gasteiger charge is -2.51. The SMILES string of the molecule is COC(=O)[C@@H]1O[C@@H](O[C@H]2[C@H](OCc3ccccc3)[C@@H](N=[N+]=[N-])[C@@H](O[C@H]3[C@H](OCc4ccccc4)[C@@H](O)[C@H](O[C@H]4[C@H](OCc5ccccc5)[C@@H](N=[N+]=[N-])[C@@H](O[C@H]5[C@H](OCc6ccccc6)[C@@H](O)[C@H](OC(C)C)O[C@H]5C(=O)OC)O[C@@H]4CO)O[C@H]3C(=O)OC)O[C@@H]2CO)[C@H](O)[C@@H](OCc2ccccc2)[C@@H]1O[C@H]1O[C@H](CO)[C@@H](OCc2ccccc2)[C@H](OCc2ccccc2)[C@H]1N=[N+]=[N-]. The average molecular weight is 1820 g/mol. The van der Waals surface area contributed by atoms with Crippen molar-refractivity contribution in [3.63, 3.8) is 0 Å². The number of aliphatic hydroxyl groups excluding tert-OH is 6. The van der Waals surface area contributed by atoms with Crippen LogP contribution in [0.4, 0.5) is 0 Å². The lowest BCUT2D eigenvalue weighted by molar-refractivity contribution is -0.384. The molecule has 7 aromatic rings. The molecule has 0 bridgehead atoms. The number of hydrogen-bond donors (Lipinski definition) is 6. The zero-order valence-electron chi connectivity index (χ0n) is 72.1. The second-order valence-corrected chi connectivity index (χ2v) is 31.6. The zero-order valence-corrected chi connectivity index (χ0v) is 72.1. The first-order valence-corrected chi connectivity index (χ1v) is 42.6. The van der Waals surface area contributed by atoms with Crippen LogP contribution in [0.15, 0.2) is 228 Å². The van der Waals surface area contributed by atoms with Gasteiger partial charge < -0.3 is 135 Å². The Morgan fingerprint density at radius 1 is 0.305 bits per heavy atom. The third kappa shape index (κ3) is 25.0. The molecule has 0 saturated carbocycles. The third-order valence-corrected chi connectivity index (χ3v) is 22.7. The van der Waals surface area contributed by atoms with Crippen molar-refractivity contribution in [2.45, 2.75) is 250 Å². The molecule has 13 rings (SSSR count). The Labute approximate surface area is 753 Å². The van der Waals surface area contributed by atoms with Gasteiger partial charge in [-0.3, -0.25) is 0 Å². The van der Waals surface area contributed by atoms with Crippen LogP contribution in [0.25, 0.3) is 31.3 Å². The van der Waals surface area contributed by atoms with Gasteiger partial charge in [-0.1, -0.05) is 228 Å². The summed E-state index contributed by atoms with van der Waals surface area (Å²) in [7, 11) is 3.15. The summed E-state index contributed by atoms with van der Waals surface area (Å²) in [6, 6.07) is 56.3. The molecule has 6 fully saturated rings. The fraction of sp³-hybridized carbons (Fsp3) is 0.505. The van der Waals surface area contributed by atoms with Crippen LogP contribution in [0.2, 0.25) is 0 Å². The van der Waals surface area contributed by atoms with E-state index in [0.29, 0.717) is 33.4 Å². The first kappa shape index (κ1) is 98.4. The van der Waals surface area contributed by atoms with Crippen LogP contribution < -0.4 is 0 Å². The molecule has 6 aliphatic heterocycles. The van der Waals surface area contributed by atoms with Gasteiger partial charge in [-0.15, -0.1) is 0 Å². The number of esters is 3. The van der Waals surface area contributed by atoms with Gasteiger partial charge >= 0.3 is 17.9 Å². The number of methoxy groups -OCH3 is 3. The van der Waals surface area contributed by atoms with Crippen molar-refractivity contribution < 1.29 is 149 Å². The zero-order chi connectivity index (χ0) is 92.3. The molecule has 6 heterocycles. The number of ether oxygens (including phenoxy) is 22. The van der Waals surface area contributed by atoms with E-state index in [0.717, 1.165) is 26.9 Å². The summed E-state index contributed by atoms with van der Waals surface area (Å²) in [4.78, 5) is 53.2. The fourth-order valence-corrected chi connectivity index (χ4v) is 16.3. The summed E-state index contributed by atoms with van der Waals surface area (Å²) < 4.78 is 141. The molecule has 0 radical (unpaired) electrons. The summed E-state index contributed by atoms with van der Waals surface area (Å²) in [5.41, 5.74) is 36.0. The molecule has 30 atom stereocenters. The first-order chi connectivity index (χ1) is 63.9. The molecular formula is C91H107N9O31. The molecule has 702 valence electrons. The molecular weight excluding hydrogens is 1720 g/mol. The molecule has 0 aromatic heterocycles. The highest BCUT2D eigenvalue weighted by Crippen LogP contribution is 2.43. The minimum atomic E-state index is -2.15. The van der Waals surface area contributed by atoms with E-state index >= 15 is 0 Å². The van der Waals surface area contributed by atoms with Crippen LogP contribution in [0.3, 0.4) is 0 Å². The third-order valence-electron chi connectivity index (χ3n) is 22.7. The quantitative estimate of drug-likeness (QED) is 0.00713. The minimum Gasteiger partial charge on any atom is -0.467 e. The molecule has 0 amide bonds. The number of benzene rings is 7. The normalized spacial score (nSPS) is 32.5. The number of aliphatic hydroxyl groups is 6. The molecule has 6 aliphatic rings. The highest BCUT2D eigenvalue weighted by Gasteiger charge is 2.62. The van der Waals surface area contributed by atoms with Gasteiger partial charge in [0.25, 0.3) is 0 Å². The molecule has 40 nitrogen and oxygen atoms in total. The lowest BCUT2D eigenvalue weighted by Crippen LogP contribution is -2.69. The summed E-state index contributed by atoms with van der Waals surface area (Å²) in [6.45, 7) is -0.886. The number of azide groups is 3. The van der Waals surface area contributed by atoms with Crippen LogP contribution in [-0.2, 0) is 165 Å². The first-order valence-electron chi connectivity index (χ1n) is 42.6. The Morgan fingerprint density at radius 2 is 0.519 bits per heavy atom. The van der Waals surface area contributed by atoms with Crippen molar-refractivity contribution >= 4 is 17.9 Å². The number of carbonyl (C=O) groups excluding carboxylic acids is 3. The van der Waals surface area contributed by atoms with E-state index in [1.54, 1.807) is 190 Å². The molecule has 0 unspecified atom stereocenters. The standard InChI is InChI=1S/C91H107N9O31/c1-51(2)120-89-65(104)74(117-48-56-35-21-10-22-36-56)77(80(129-89)83(107)110-3)127-87-63(96-99-93)72(115-46-54-31-17-8-18-32-54)69(60(42-102)122-87)125-91-67(106)76(119-50-58-39-25-12-26-40-58)79(82(131-91)85(109)112-5)128-88-64(97-100-94)73(116-47-55-33-19-9-20-34-55)70(61(43-103)123-88)124-90-66(105)75(118-49-57-37-23-11-24-38-57)78(81(130-90)84(108)111-4)126-86-62(95-98-92)71(114-45-53-29-15-7-16-30-53)68(59(41-101)121-86)113-44-52-27-13-6-14-28-52/h6-40,51,59-82,86-91,101-106H,41-50H2,1-5H3/t59-,60-,61-,62-,63-,64-,65-,66-,67-,68-,69-,70-,71-,72-,73-,74-,75-,76-,77+,78+,79+,80-,81-,82-,86-,87-,88-,89-,90-,91-/m1/s1. The van der Waals surface area contributed by atoms with E-state index < -0.39 is 228 Å². The van der Waals surface area contributed by atoms with Crippen LogP contribution in [0.5, 0.6) is 0 Å². The molecule has 7 aromatic carbocycles. The monoisotopic (exact) mass is 1820 g/mol. The van der Waals surface area contributed by atoms with E-state index in [1.165, 1.54) is 0 Å². The van der Waals surface area contributed by atoms with Gasteiger partial charge in [-0.25, -0.2) is 14.4 Å². The molecule has 6 saturated heterocycles. The Morgan fingerprint density at radius 3 is 0.756 bits per heavy atom. The van der Waals surface area contributed by atoms with Crippen LogP contribution in [0, 0.1) is 0 Å². The summed E-state index contributed by atoms with van der Waals surface area (Å²) >= 11 is 0. The summed E-state index contributed by atoms with van der Waals surface area (Å²) in [5, 5.41) is 85.7. The van der Waals surface area contributed by atoms with Crippen molar-refractivity contribution in [3.05, 3.63) is 283 Å². The molecule has 0 spiro atoms. The highest BCUT2D eigenvalue weighted by atomic mass is 16.8. The second-order valence-electron chi connectivity index (χ2n) is 31.6.